The minimum Gasteiger partial charge on any atom is -0.478 e. The average Bonchev–Trinajstić information content (AvgIpc) is 2.26. The first-order chi connectivity index (χ1) is 9.17. The van der Waals surface area contributed by atoms with Crippen molar-refractivity contribution in [2.45, 2.75) is 26.4 Å². The molecule has 1 aromatic heterocycles. The Balaban J connectivity index is 2.69. The van der Waals surface area contributed by atoms with Crippen LogP contribution in [0.15, 0.2) is 17.4 Å². The number of ether oxygens (including phenoxy) is 1. The first-order valence-electron chi connectivity index (χ1n) is 5.57. The molecule has 20 heavy (non-hydrogen) atoms. The van der Waals surface area contributed by atoms with E-state index in [0.29, 0.717) is 0 Å². The molecule has 0 bridgehead atoms. The lowest BCUT2D eigenvalue weighted by atomic mass is 10.2. The number of nitrogens with one attached hydrogen (secondary N) is 1. The summed E-state index contributed by atoms with van der Waals surface area (Å²) in [5.41, 5.74) is 4.72. The first-order valence-corrected chi connectivity index (χ1v) is 5.57. The average molecular weight is 281 g/mol. The number of carboxylic acids is 1. The maximum atomic E-state index is 11.4. The molecule has 1 heterocycles. The largest absolute Gasteiger partial charge is 0.478 e. The van der Waals surface area contributed by atoms with Gasteiger partial charge >= 0.3 is 12.1 Å². The van der Waals surface area contributed by atoms with E-state index >= 15 is 0 Å². The summed E-state index contributed by atoms with van der Waals surface area (Å²) in [5.74, 6) is -1.49. The smallest absolute Gasteiger partial charge is 0.414 e. The van der Waals surface area contributed by atoms with Gasteiger partial charge in [-0.3, -0.25) is 5.32 Å². The second-order valence-electron chi connectivity index (χ2n) is 4.70. The summed E-state index contributed by atoms with van der Waals surface area (Å²) >= 11 is 0. The molecule has 0 spiro atoms. The number of hydrogen-bond donors (Lipinski definition) is 3. The number of alkyl carbamates (subject to hydrolysis) is 1. The number of aromatic carboxylic acids is 1. The molecule has 0 saturated heterocycles. The monoisotopic (exact) mass is 281 g/mol. The van der Waals surface area contributed by atoms with Gasteiger partial charge in [0.05, 0.1) is 5.56 Å². The SMILES string of the molecule is CC(C)(C)OC(=O)N/C(N)=N\c1ncc(C(=O)O)cn1. The van der Waals surface area contributed by atoms with Crippen molar-refractivity contribution in [2.24, 2.45) is 10.7 Å². The molecule has 9 heteroatoms. The Morgan fingerprint density at radius 1 is 1.35 bits per heavy atom. The van der Waals surface area contributed by atoms with Crippen LogP contribution in [0.1, 0.15) is 31.1 Å². The van der Waals surface area contributed by atoms with Gasteiger partial charge < -0.3 is 15.6 Å². The lowest BCUT2D eigenvalue weighted by Gasteiger charge is -2.19. The number of aromatic nitrogens is 2. The summed E-state index contributed by atoms with van der Waals surface area (Å²) < 4.78 is 4.97. The van der Waals surface area contributed by atoms with Crippen LogP contribution in [0, 0.1) is 0 Å². The highest BCUT2D eigenvalue weighted by Gasteiger charge is 2.16. The molecular formula is C11H15N5O4. The van der Waals surface area contributed by atoms with Gasteiger partial charge in [-0.15, -0.1) is 0 Å². The van der Waals surface area contributed by atoms with Gasteiger partial charge in [-0.1, -0.05) is 0 Å². The van der Waals surface area contributed by atoms with Gasteiger partial charge in [0.1, 0.15) is 5.60 Å². The molecule has 0 aliphatic rings. The van der Waals surface area contributed by atoms with Gasteiger partial charge in [0.15, 0.2) is 0 Å². The molecule has 0 fully saturated rings. The Hall–Kier alpha value is -2.71. The van der Waals surface area contributed by atoms with Gasteiger partial charge in [-0.05, 0) is 20.8 Å². The third-order valence-electron chi connectivity index (χ3n) is 1.73. The molecule has 0 aromatic carbocycles. The Morgan fingerprint density at radius 3 is 2.35 bits per heavy atom. The third kappa shape index (κ3) is 5.29. The molecule has 0 saturated carbocycles. The molecule has 1 rings (SSSR count). The molecule has 0 radical (unpaired) electrons. The highest BCUT2D eigenvalue weighted by molar-refractivity contribution is 5.94. The molecule has 0 atom stereocenters. The maximum absolute atomic E-state index is 11.4. The van der Waals surface area contributed by atoms with Gasteiger partial charge in [0, 0.05) is 12.4 Å². The topological polar surface area (TPSA) is 140 Å². The van der Waals surface area contributed by atoms with Crippen LogP contribution in [0.2, 0.25) is 0 Å². The molecule has 4 N–H and O–H groups in total. The molecule has 1 amide bonds. The Bertz CT molecular complexity index is 533. The third-order valence-corrected chi connectivity index (χ3v) is 1.73. The molecular weight excluding hydrogens is 266 g/mol. The fourth-order valence-corrected chi connectivity index (χ4v) is 1.03. The summed E-state index contributed by atoms with van der Waals surface area (Å²) in [7, 11) is 0. The molecule has 1 aromatic rings. The van der Waals surface area contributed by atoms with Gasteiger partial charge in [-0.2, -0.15) is 4.99 Å². The summed E-state index contributed by atoms with van der Waals surface area (Å²) in [6, 6.07) is 0. The van der Waals surface area contributed by atoms with E-state index in [-0.39, 0.29) is 17.5 Å². The van der Waals surface area contributed by atoms with Gasteiger partial charge in [0.25, 0.3) is 5.95 Å². The van der Waals surface area contributed by atoms with Crippen LogP contribution in [0.4, 0.5) is 10.7 Å². The van der Waals surface area contributed by atoms with E-state index in [0.717, 1.165) is 12.4 Å². The molecule has 9 nitrogen and oxygen atoms in total. The van der Waals surface area contributed by atoms with Crippen molar-refractivity contribution in [3.63, 3.8) is 0 Å². The van der Waals surface area contributed by atoms with E-state index in [4.69, 9.17) is 15.6 Å². The van der Waals surface area contributed by atoms with Crippen LogP contribution in [0.3, 0.4) is 0 Å². The number of nitrogens with zero attached hydrogens (tertiary/aromatic N) is 3. The minimum atomic E-state index is -1.15. The van der Waals surface area contributed by atoms with E-state index in [9.17, 15) is 9.59 Å². The number of guanidine groups is 1. The van der Waals surface area contributed by atoms with Crippen molar-refractivity contribution in [1.29, 1.82) is 0 Å². The fraction of sp³-hybridized carbons (Fsp3) is 0.364. The number of carbonyl (C=O) groups excluding carboxylic acids is 1. The zero-order chi connectivity index (χ0) is 15.3. The van der Waals surface area contributed by atoms with Crippen molar-refractivity contribution in [1.82, 2.24) is 15.3 Å². The number of amides is 1. The van der Waals surface area contributed by atoms with E-state index in [2.05, 4.69) is 20.3 Å². The lowest BCUT2D eigenvalue weighted by molar-refractivity contribution is 0.0561. The second-order valence-corrected chi connectivity index (χ2v) is 4.70. The van der Waals surface area contributed by atoms with Crippen LogP contribution in [0.25, 0.3) is 0 Å². The Morgan fingerprint density at radius 2 is 1.90 bits per heavy atom. The quantitative estimate of drug-likeness (QED) is 0.533. The number of aliphatic imine (C=N–C) groups is 1. The van der Waals surface area contributed by atoms with Crippen molar-refractivity contribution in [3.05, 3.63) is 18.0 Å². The van der Waals surface area contributed by atoms with Crippen LogP contribution in [-0.2, 0) is 4.74 Å². The van der Waals surface area contributed by atoms with Crippen LogP contribution >= 0.6 is 0 Å². The van der Waals surface area contributed by atoms with E-state index < -0.39 is 17.7 Å². The summed E-state index contributed by atoms with van der Waals surface area (Å²) in [5, 5.41) is 10.9. The Labute approximate surface area is 114 Å². The van der Waals surface area contributed by atoms with E-state index in [1.54, 1.807) is 20.8 Å². The molecule has 0 aliphatic heterocycles. The summed E-state index contributed by atoms with van der Waals surface area (Å²) in [6.07, 6.45) is 1.39. The zero-order valence-electron chi connectivity index (χ0n) is 11.2. The number of rotatable bonds is 2. The van der Waals surface area contributed by atoms with Crippen molar-refractivity contribution < 1.29 is 19.4 Å². The number of nitrogens with two attached hydrogens (primary N) is 1. The first kappa shape index (κ1) is 15.3. The molecule has 0 aliphatic carbocycles. The van der Waals surface area contributed by atoms with Crippen molar-refractivity contribution >= 4 is 24.0 Å². The van der Waals surface area contributed by atoms with E-state index in [1.807, 2.05) is 0 Å². The van der Waals surface area contributed by atoms with Crippen molar-refractivity contribution in [3.8, 4) is 0 Å². The zero-order valence-corrected chi connectivity index (χ0v) is 11.2. The predicted molar refractivity (Wildman–Crippen MR) is 69.6 cm³/mol. The molecule has 108 valence electrons. The van der Waals surface area contributed by atoms with Crippen molar-refractivity contribution in [2.75, 3.05) is 0 Å². The maximum Gasteiger partial charge on any atom is 0.414 e. The van der Waals surface area contributed by atoms with Crippen LogP contribution in [0.5, 0.6) is 0 Å². The summed E-state index contributed by atoms with van der Waals surface area (Å²) in [6.45, 7) is 5.11. The minimum absolute atomic E-state index is 0.0800. The predicted octanol–water partition coefficient (Wildman–Crippen LogP) is 0.646. The second kappa shape index (κ2) is 5.95. The highest BCUT2D eigenvalue weighted by Crippen LogP contribution is 2.07. The van der Waals surface area contributed by atoms with E-state index in [1.165, 1.54) is 0 Å². The number of carbonyl (C=O) groups is 2. The number of carboxylic acid groups (broad SMARTS) is 1. The van der Waals surface area contributed by atoms with Gasteiger partial charge in [-0.25, -0.2) is 19.6 Å². The van der Waals surface area contributed by atoms with Gasteiger partial charge in [0.2, 0.25) is 5.96 Å². The lowest BCUT2D eigenvalue weighted by Crippen LogP contribution is -2.40. The normalized spacial score (nSPS) is 11.8. The number of hydrogen-bond acceptors (Lipinski definition) is 6. The summed E-state index contributed by atoms with van der Waals surface area (Å²) in [4.78, 5) is 33.0. The highest BCUT2D eigenvalue weighted by atomic mass is 16.6. The fourth-order valence-electron chi connectivity index (χ4n) is 1.03. The Kier molecular flexibility index (Phi) is 4.57. The van der Waals surface area contributed by atoms with Crippen LogP contribution < -0.4 is 11.1 Å². The van der Waals surface area contributed by atoms with Crippen LogP contribution in [-0.4, -0.2) is 38.7 Å². The molecule has 0 unspecified atom stereocenters. The standard InChI is InChI=1S/C11H15N5O4/c1-11(2,3)20-10(19)16-8(12)15-9-13-4-6(5-14-9)7(17)18/h4-5H,1-3H3,(H,17,18)(H3,12,13,14,15,16,19).